The lowest BCUT2D eigenvalue weighted by Crippen LogP contribution is -2.41. The molecule has 4 N–H and O–H groups in total. The summed E-state index contributed by atoms with van der Waals surface area (Å²) in [6.45, 7) is 7.27. The molecule has 5 heterocycles. The normalized spacial score (nSPS) is 17.3. The lowest BCUT2D eigenvalue weighted by atomic mass is 9.90. The van der Waals surface area contributed by atoms with Gasteiger partial charge in [-0.25, -0.2) is 14.6 Å². The summed E-state index contributed by atoms with van der Waals surface area (Å²) in [5, 5.41) is 18.4. The van der Waals surface area contributed by atoms with Crippen molar-refractivity contribution < 1.29 is 14.6 Å². The van der Waals surface area contributed by atoms with Crippen molar-refractivity contribution >= 4 is 23.8 Å². The molecule has 0 bridgehead atoms. The molecule has 2 fully saturated rings. The maximum absolute atomic E-state index is 12.5. The van der Waals surface area contributed by atoms with Gasteiger partial charge in [-0.05, 0) is 64.2 Å². The number of aromatic nitrogens is 7. The zero-order valence-electron chi connectivity index (χ0n) is 23.8. The molecule has 14 nitrogen and oxygen atoms in total. The molecule has 2 aliphatic rings. The number of hydrogen-bond acceptors (Lipinski definition) is 10. The lowest BCUT2D eigenvalue weighted by Gasteiger charge is -2.33. The molecule has 42 heavy (non-hydrogen) atoms. The van der Waals surface area contributed by atoms with Crippen LogP contribution in [-0.2, 0) is 11.3 Å². The monoisotopic (exact) mass is 574 g/mol. The van der Waals surface area contributed by atoms with Crippen molar-refractivity contribution in [3.8, 4) is 5.88 Å². The summed E-state index contributed by atoms with van der Waals surface area (Å²) in [5.41, 5.74) is 2.10. The summed E-state index contributed by atoms with van der Waals surface area (Å²) in [5.74, 6) is 0.312. The van der Waals surface area contributed by atoms with Crippen LogP contribution >= 0.6 is 0 Å². The van der Waals surface area contributed by atoms with Gasteiger partial charge in [-0.15, -0.1) is 0 Å². The van der Waals surface area contributed by atoms with Crippen LogP contribution in [0.15, 0.2) is 34.3 Å². The molecule has 1 aliphatic heterocycles. The first-order chi connectivity index (χ1) is 20.1. The molecule has 1 saturated carbocycles. The van der Waals surface area contributed by atoms with Gasteiger partial charge in [0.05, 0.1) is 12.2 Å². The molecule has 4 aromatic rings. The predicted molar refractivity (Wildman–Crippen MR) is 153 cm³/mol. The fourth-order valence-electron chi connectivity index (χ4n) is 4.96. The number of aromatic amines is 2. The number of carbonyl (C=O) groups is 1. The predicted octanol–water partition coefficient (Wildman–Crippen LogP) is 1.58. The number of rotatable bonds is 6. The van der Waals surface area contributed by atoms with Crippen LogP contribution in [0.3, 0.4) is 0 Å². The van der Waals surface area contributed by atoms with Crippen LogP contribution in [0.4, 0.5) is 10.7 Å². The van der Waals surface area contributed by atoms with E-state index in [1.807, 2.05) is 32.9 Å². The van der Waals surface area contributed by atoms with Crippen LogP contribution in [0.25, 0.3) is 11.7 Å². The van der Waals surface area contributed by atoms with E-state index >= 15 is 0 Å². The number of fused-ring (bicyclic) bond motifs is 1. The third kappa shape index (κ3) is 6.11. The van der Waals surface area contributed by atoms with Crippen molar-refractivity contribution in [2.24, 2.45) is 4.99 Å². The Kier molecular flexibility index (Phi) is 7.12. The number of pyridine rings is 1. The summed E-state index contributed by atoms with van der Waals surface area (Å²) in [4.78, 5) is 49.5. The third-order valence-corrected chi connectivity index (χ3v) is 7.15. The van der Waals surface area contributed by atoms with Crippen LogP contribution in [0, 0.1) is 0 Å². The highest BCUT2D eigenvalue weighted by Crippen LogP contribution is 2.30. The molecule has 220 valence electrons. The molecule has 0 radical (unpaired) electrons. The molecule has 0 spiro atoms. The Bertz CT molecular complexity index is 1790. The van der Waals surface area contributed by atoms with Crippen molar-refractivity contribution in [3.05, 3.63) is 62.8 Å². The Labute approximate surface area is 240 Å². The van der Waals surface area contributed by atoms with E-state index in [0.29, 0.717) is 42.1 Å². The second-order valence-electron chi connectivity index (χ2n) is 11.7. The largest absolute Gasteiger partial charge is 0.493 e. The molecular weight excluding hydrogens is 540 g/mol. The number of nitrogens with zero attached hydrogens (tertiary/aromatic N) is 7. The van der Waals surface area contributed by atoms with E-state index in [1.165, 1.54) is 0 Å². The van der Waals surface area contributed by atoms with E-state index in [2.05, 4.69) is 25.4 Å². The van der Waals surface area contributed by atoms with Gasteiger partial charge in [0.2, 0.25) is 11.8 Å². The van der Waals surface area contributed by atoms with Crippen molar-refractivity contribution in [2.45, 2.75) is 70.6 Å². The molecule has 4 aromatic heterocycles. The number of aromatic hydroxyl groups is 1. The SMILES string of the molecule is CC(C)(C)OC(=O)N1CCC(c2ncccc2CNc2nc(=NC3CC3)n3ncc(=Cc4[nH]c(=O)[nH]c4O)c3n2)CC1. The van der Waals surface area contributed by atoms with Gasteiger partial charge in [0, 0.05) is 42.7 Å². The zero-order valence-corrected chi connectivity index (χ0v) is 23.8. The summed E-state index contributed by atoms with van der Waals surface area (Å²) < 4.78 is 7.10. The Morgan fingerprint density at radius 2 is 2.00 bits per heavy atom. The van der Waals surface area contributed by atoms with Crippen molar-refractivity contribution in [2.75, 3.05) is 18.4 Å². The van der Waals surface area contributed by atoms with Crippen molar-refractivity contribution in [1.82, 2.24) is 39.4 Å². The van der Waals surface area contributed by atoms with Crippen LogP contribution in [0.2, 0.25) is 0 Å². The quantitative estimate of drug-likeness (QED) is 0.266. The number of carbonyl (C=O) groups excluding carboxylic acids is 1. The highest BCUT2D eigenvalue weighted by atomic mass is 16.6. The van der Waals surface area contributed by atoms with Gasteiger partial charge in [-0.3, -0.25) is 9.97 Å². The first-order valence-electron chi connectivity index (χ1n) is 14.1. The summed E-state index contributed by atoms with van der Waals surface area (Å²) in [7, 11) is 0. The number of likely N-dealkylation sites (tertiary alicyclic amines) is 1. The summed E-state index contributed by atoms with van der Waals surface area (Å²) >= 11 is 0. The minimum Gasteiger partial charge on any atom is -0.493 e. The van der Waals surface area contributed by atoms with E-state index in [-0.39, 0.29) is 29.6 Å². The van der Waals surface area contributed by atoms with Crippen molar-refractivity contribution in [1.29, 1.82) is 0 Å². The molecule has 1 amide bonds. The average Bonchev–Trinajstić information content (AvgIpc) is 3.59. The Morgan fingerprint density at radius 1 is 1.21 bits per heavy atom. The minimum atomic E-state index is -0.525. The number of hydrogen-bond donors (Lipinski definition) is 4. The van der Waals surface area contributed by atoms with Gasteiger partial charge >= 0.3 is 11.8 Å². The van der Waals surface area contributed by atoms with E-state index in [0.717, 1.165) is 36.9 Å². The van der Waals surface area contributed by atoms with Gasteiger partial charge in [-0.2, -0.15) is 19.6 Å². The molecule has 14 heteroatoms. The van der Waals surface area contributed by atoms with Crippen molar-refractivity contribution in [3.63, 3.8) is 0 Å². The number of ether oxygens (including phenoxy) is 1. The summed E-state index contributed by atoms with van der Waals surface area (Å²) in [6, 6.07) is 4.14. The van der Waals surface area contributed by atoms with Gasteiger partial charge in [0.25, 0.3) is 5.62 Å². The van der Waals surface area contributed by atoms with E-state index in [1.54, 1.807) is 27.9 Å². The van der Waals surface area contributed by atoms with Gasteiger partial charge in [0.15, 0.2) is 5.65 Å². The van der Waals surface area contributed by atoms with E-state index < -0.39 is 11.3 Å². The standard InChI is InChI=1S/C28H34N10O4/c1-28(2,3)42-27(41)37-11-8-16(9-12-37)21-17(5-4-10-29-21)14-30-24-34-22-18(13-20-23(39)35-26(40)33-20)15-31-38(22)25(36-24)32-19-6-7-19/h4-5,10,13,15-16,19,39H,6-9,11-12,14H2,1-3H3,(H,30,32,36)(H2,33,35,40). The topological polar surface area (TPSA) is 179 Å². The van der Waals surface area contributed by atoms with E-state index in [9.17, 15) is 14.7 Å². The summed E-state index contributed by atoms with van der Waals surface area (Å²) in [6.07, 6.45) is 8.28. The maximum atomic E-state index is 12.5. The number of anilines is 1. The Morgan fingerprint density at radius 3 is 2.69 bits per heavy atom. The van der Waals surface area contributed by atoms with Gasteiger partial charge in [-0.1, -0.05) is 6.07 Å². The van der Waals surface area contributed by atoms with E-state index in [4.69, 9.17) is 19.7 Å². The fourth-order valence-corrected chi connectivity index (χ4v) is 4.96. The molecule has 0 aromatic carbocycles. The third-order valence-electron chi connectivity index (χ3n) is 7.15. The first-order valence-corrected chi connectivity index (χ1v) is 14.1. The second-order valence-corrected chi connectivity index (χ2v) is 11.7. The van der Waals surface area contributed by atoms with Crippen LogP contribution in [0.1, 0.15) is 69.3 Å². The van der Waals surface area contributed by atoms with Crippen LogP contribution < -0.4 is 21.8 Å². The molecule has 0 unspecified atom stereocenters. The number of amides is 1. The molecule has 0 atom stereocenters. The number of nitrogens with one attached hydrogen (secondary N) is 3. The highest BCUT2D eigenvalue weighted by molar-refractivity contribution is 5.68. The smallest absolute Gasteiger partial charge is 0.410 e. The average molecular weight is 575 g/mol. The zero-order chi connectivity index (χ0) is 29.4. The molecule has 1 saturated heterocycles. The van der Waals surface area contributed by atoms with Gasteiger partial charge in [0.1, 0.15) is 11.3 Å². The first kappa shape index (κ1) is 27.4. The minimum absolute atomic E-state index is 0.203. The Hall–Kier alpha value is -4.75. The van der Waals surface area contributed by atoms with Gasteiger partial charge < -0.3 is 25.0 Å². The Balaban J connectivity index is 1.24. The fraction of sp³-hybridized carbons (Fsp3) is 0.464. The van der Waals surface area contributed by atoms with Crippen LogP contribution in [-0.4, -0.2) is 75.4 Å². The number of H-pyrrole nitrogens is 2. The number of piperidine rings is 1. The molecule has 6 rings (SSSR count). The maximum Gasteiger partial charge on any atom is 0.410 e. The van der Waals surface area contributed by atoms with Crippen LogP contribution in [0.5, 0.6) is 5.88 Å². The highest BCUT2D eigenvalue weighted by Gasteiger charge is 2.29. The molecule has 1 aliphatic carbocycles. The number of imidazole rings is 1. The molecular formula is C28H34N10O4. The second kappa shape index (κ2) is 10.9. The lowest BCUT2D eigenvalue weighted by molar-refractivity contribution is 0.0204.